The fourth-order valence-electron chi connectivity index (χ4n) is 1.10. The number of aliphatic carboxylic acids is 1. The maximum atomic E-state index is 11.4. The molecule has 0 fully saturated rings. The van der Waals surface area contributed by atoms with Crippen LogP contribution in [0.2, 0.25) is 0 Å². The Morgan fingerprint density at radius 3 is 2.00 bits per heavy atom. The smallest absolute Gasteiger partial charge is 0.854 e. The van der Waals surface area contributed by atoms with Gasteiger partial charge in [0.25, 0.3) is 0 Å². The van der Waals surface area contributed by atoms with Crippen molar-refractivity contribution in [3.63, 3.8) is 0 Å². The van der Waals surface area contributed by atoms with Crippen molar-refractivity contribution < 1.29 is 54.1 Å². The molecule has 0 aromatic carbocycles. The minimum Gasteiger partial charge on any atom is -0.854 e. The summed E-state index contributed by atoms with van der Waals surface area (Å²) in [7, 11) is 0. The van der Waals surface area contributed by atoms with E-state index in [0.717, 1.165) is 0 Å². The number of carboxylic acid groups (broad SMARTS) is 1. The molecule has 0 aliphatic carbocycles. The Morgan fingerprint density at radius 2 is 1.72 bits per heavy atom. The predicted octanol–water partition coefficient (Wildman–Crippen LogP) is -2.65. The van der Waals surface area contributed by atoms with Crippen LogP contribution in [-0.4, -0.2) is 35.4 Å². The average Bonchev–Trinajstić information content (AvgIpc) is 2.10. The molecule has 0 aromatic heterocycles. The Morgan fingerprint density at radius 1 is 1.28 bits per heavy atom. The van der Waals surface area contributed by atoms with E-state index in [0.29, 0.717) is 0 Å². The van der Waals surface area contributed by atoms with Gasteiger partial charge in [0.05, 0.1) is 0 Å². The Hall–Kier alpha value is -0.300. The van der Waals surface area contributed by atoms with E-state index in [9.17, 15) is 14.7 Å². The molecule has 0 bridgehead atoms. The van der Waals surface area contributed by atoms with Crippen LogP contribution in [0.25, 0.3) is 0 Å². The fraction of sp³-hybridized carbons (Fsp3) is 0.818. The van der Waals surface area contributed by atoms with Crippen molar-refractivity contribution in [2.75, 3.05) is 6.61 Å². The average molecular weight is 269 g/mol. The van der Waals surface area contributed by atoms with Crippen molar-refractivity contribution in [3.8, 4) is 0 Å². The number of hydrogen-bond donors (Lipinski definition) is 2. The summed E-state index contributed by atoms with van der Waals surface area (Å²) in [6, 6.07) is -1.27. The molecule has 0 radical (unpaired) electrons. The third-order valence-corrected chi connectivity index (χ3v) is 2.06. The molecular formula is C11H20NNaO5. The molecule has 2 N–H and O–H groups in total. The molecule has 0 aromatic rings. The van der Waals surface area contributed by atoms with E-state index in [2.05, 4.69) is 5.32 Å². The molecule has 0 aliphatic heterocycles. The first-order valence-corrected chi connectivity index (χ1v) is 5.30. The van der Waals surface area contributed by atoms with Gasteiger partial charge in [-0.15, -0.1) is 6.61 Å². The molecule has 0 rings (SSSR count). The van der Waals surface area contributed by atoms with Crippen molar-refractivity contribution in [2.24, 2.45) is 5.41 Å². The van der Waals surface area contributed by atoms with Crippen molar-refractivity contribution in [1.82, 2.24) is 5.32 Å². The van der Waals surface area contributed by atoms with Crippen LogP contribution in [0, 0.1) is 5.41 Å². The Bertz CT molecular complexity index is 298. The van der Waals surface area contributed by atoms with Crippen LogP contribution in [0.3, 0.4) is 0 Å². The summed E-state index contributed by atoms with van der Waals surface area (Å²) in [5.74, 6) is -1.25. The quantitative estimate of drug-likeness (QED) is 0.543. The van der Waals surface area contributed by atoms with Gasteiger partial charge in [-0.3, -0.25) is 0 Å². The van der Waals surface area contributed by atoms with E-state index in [4.69, 9.17) is 9.84 Å². The molecular weight excluding hydrogens is 249 g/mol. The minimum atomic E-state index is -1.27. The fourth-order valence-corrected chi connectivity index (χ4v) is 1.10. The second-order valence-corrected chi connectivity index (χ2v) is 5.55. The van der Waals surface area contributed by atoms with Gasteiger partial charge in [0.1, 0.15) is 11.6 Å². The van der Waals surface area contributed by atoms with Crippen LogP contribution in [0.4, 0.5) is 4.79 Å². The Balaban J connectivity index is 0. The molecule has 0 heterocycles. The molecule has 1 amide bonds. The van der Waals surface area contributed by atoms with Gasteiger partial charge in [-0.25, -0.2) is 9.59 Å². The second-order valence-electron chi connectivity index (χ2n) is 5.55. The first-order chi connectivity index (χ1) is 7.49. The van der Waals surface area contributed by atoms with Crippen LogP contribution in [0.1, 0.15) is 34.6 Å². The van der Waals surface area contributed by atoms with Crippen molar-refractivity contribution in [2.45, 2.75) is 46.3 Å². The SMILES string of the molecule is CC(C)(C)OC(=O)NC(C(=O)O)C(C)(C)C[O-].[Na+]. The monoisotopic (exact) mass is 269 g/mol. The van der Waals surface area contributed by atoms with Crippen LogP contribution < -0.4 is 40.0 Å². The minimum absolute atomic E-state index is 0. The molecule has 0 saturated heterocycles. The Kier molecular flexibility index (Phi) is 8.15. The van der Waals surface area contributed by atoms with Crippen LogP contribution >= 0.6 is 0 Å². The van der Waals surface area contributed by atoms with E-state index >= 15 is 0 Å². The van der Waals surface area contributed by atoms with Gasteiger partial charge in [0, 0.05) is 0 Å². The number of rotatable bonds is 4. The molecule has 0 spiro atoms. The van der Waals surface area contributed by atoms with E-state index < -0.39 is 35.7 Å². The van der Waals surface area contributed by atoms with E-state index in [1.807, 2.05) is 0 Å². The van der Waals surface area contributed by atoms with E-state index in [1.54, 1.807) is 20.8 Å². The number of hydrogen-bond acceptors (Lipinski definition) is 4. The summed E-state index contributed by atoms with van der Waals surface area (Å²) in [6.07, 6.45) is -0.841. The summed E-state index contributed by atoms with van der Waals surface area (Å²) in [4.78, 5) is 22.4. The van der Waals surface area contributed by atoms with Gasteiger partial charge in [-0.1, -0.05) is 13.8 Å². The topological polar surface area (TPSA) is 98.7 Å². The zero-order chi connectivity index (χ0) is 13.9. The maximum Gasteiger partial charge on any atom is 1.00 e. The molecule has 6 nitrogen and oxygen atoms in total. The van der Waals surface area contributed by atoms with Gasteiger partial charge in [0.2, 0.25) is 0 Å². The molecule has 0 aliphatic rings. The number of carbonyl (C=O) groups is 2. The van der Waals surface area contributed by atoms with Crippen LogP contribution in [0.5, 0.6) is 0 Å². The van der Waals surface area contributed by atoms with Gasteiger partial charge in [0.15, 0.2) is 0 Å². The number of alkyl carbamates (subject to hydrolysis) is 1. The number of amides is 1. The Labute approximate surface area is 129 Å². The van der Waals surface area contributed by atoms with Gasteiger partial charge in [-0.2, -0.15) is 0 Å². The maximum absolute atomic E-state index is 11.4. The normalized spacial score (nSPS) is 13.2. The summed E-state index contributed by atoms with van der Waals surface area (Å²) in [6.45, 7) is 7.36. The standard InChI is InChI=1S/C11H20NO5.Na/c1-10(2,3)17-9(16)12-7(8(14)15)11(4,5)6-13;/h7H,6H2,1-5H3,(H,12,16)(H,14,15);/q-1;+1. The molecule has 7 heteroatoms. The van der Waals surface area contributed by atoms with Crippen molar-refractivity contribution in [1.29, 1.82) is 0 Å². The summed E-state index contributed by atoms with van der Waals surface area (Å²) in [5.41, 5.74) is -1.79. The van der Waals surface area contributed by atoms with Gasteiger partial charge < -0.3 is 20.3 Å². The number of ether oxygens (including phenoxy) is 1. The third kappa shape index (κ3) is 7.20. The summed E-state index contributed by atoms with van der Waals surface area (Å²) >= 11 is 0. The van der Waals surface area contributed by atoms with E-state index in [-0.39, 0.29) is 29.6 Å². The molecule has 1 atom stereocenters. The number of nitrogens with one attached hydrogen (secondary N) is 1. The number of carbonyl (C=O) groups excluding carboxylic acids is 1. The van der Waals surface area contributed by atoms with Crippen molar-refractivity contribution in [3.05, 3.63) is 0 Å². The largest absolute Gasteiger partial charge is 1.00 e. The van der Waals surface area contributed by atoms with Gasteiger partial charge in [-0.05, 0) is 26.2 Å². The summed E-state index contributed by atoms with van der Waals surface area (Å²) < 4.78 is 4.94. The third-order valence-electron chi connectivity index (χ3n) is 2.06. The zero-order valence-corrected chi connectivity index (χ0v) is 13.9. The molecule has 100 valence electrons. The first kappa shape index (κ1) is 20.0. The molecule has 18 heavy (non-hydrogen) atoms. The van der Waals surface area contributed by atoms with E-state index in [1.165, 1.54) is 13.8 Å². The van der Waals surface area contributed by atoms with Gasteiger partial charge >= 0.3 is 41.6 Å². The van der Waals surface area contributed by atoms with Crippen molar-refractivity contribution >= 4 is 12.1 Å². The molecule has 1 unspecified atom stereocenters. The number of carboxylic acids is 1. The second kappa shape index (κ2) is 7.33. The summed E-state index contributed by atoms with van der Waals surface area (Å²) in [5, 5.41) is 22.1. The zero-order valence-electron chi connectivity index (χ0n) is 11.9. The van der Waals surface area contributed by atoms with Crippen LogP contribution in [0.15, 0.2) is 0 Å². The van der Waals surface area contributed by atoms with Crippen LogP contribution in [-0.2, 0) is 9.53 Å². The predicted molar refractivity (Wildman–Crippen MR) is 59.4 cm³/mol. The molecule has 0 saturated carbocycles. The first-order valence-electron chi connectivity index (χ1n) is 5.30.